The largest absolute Gasteiger partial charge is 0.267 e. The number of hydrogen-bond donors (Lipinski definition) is 0. The summed E-state index contributed by atoms with van der Waals surface area (Å²) < 4.78 is 28.8. The van der Waals surface area contributed by atoms with E-state index in [1.54, 1.807) is 0 Å². The molecule has 0 bridgehead atoms. The molecule has 0 saturated heterocycles. The second kappa shape index (κ2) is 9.17. The molecule has 4 saturated carbocycles. The lowest BCUT2D eigenvalue weighted by Crippen LogP contribution is -2.54. The van der Waals surface area contributed by atoms with Crippen LogP contribution in [0, 0.1) is 52.3 Å². The molecule has 9 atom stereocenters. The van der Waals surface area contributed by atoms with Crippen molar-refractivity contribution in [2.24, 2.45) is 52.3 Å². The SMILES string of the molecule is CC(C)CCC[C@@H](C)[C@H]1CC[C@H]2[C@@H]3CC[C@@H]4C[C@@H](OS(C)(=O)=O)CC[C@]4(C)[C@H]3CC[C@]12C. The van der Waals surface area contributed by atoms with Gasteiger partial charge in [0.15, 0.2) is 0 Å². The van der Waals surface area contributed by atoms with Crippen LogP contribution in [0.3, 0.4) is 0 Å². The molecule has 0 radical (unpaired) electrons. The Morgan fingerprint density at radius 2 is 1.56 bits per heavy atom. The molecule has 32 heavy (non-hydrogen) atoms. The summed E-state index contributed by atoms with van der Waals surface area (Å²) >= 11 is 0. The second-order valence-corrected chi connectivity index (χ2v) is 15.0. The van der Waals surface area contributed by atoms with Crippen LogP contribution in [0.15, 0.2) is 0 Å². The van der Waals surface area contributed by atoms with Gasteiger partial charge in [-0.3, -0.25) is 4.18 Å². The first-order valence-electron chi connectivity index (χ1n) is 13.8. The van der Waals surface area contributed by atoms with E-state index in [1.807, 2.05) is 0 Å². The zero-order valence-electron chi connectivity index (χ0n) is 21.7. The summed E-state index contributed by atoms with van der Waals surface area (Å²) in [6, 6.07) is 0. The van der Waals surface area contributed by atoms with E-state index in [0.717, 1.165) is 54.8 Å². The van der Waals surface area contributed by atoms with E-state index in [9.17, 15) is 8.42 Å². The van der Waals surface area contributed by atoms with Crippen molar-refractivity contribution >= 4 is 10.1 Å². The van der Waals surface area contributed by atoms with Gasteiger partial charge in [0.2, 0.25) is 0 Å². The lowest BCUT2D eigenvalue weighted by molar-refractivity contribution is -0.126. The smallest absolute Gasteiger partial charge is 0.264 e. The number of fused-ring (bicyclic) bond motifs is 5. The molecule has 4 fully saturated rings. The third kappa shape index (κ3) is 4.70. The molecule has 0 unspecified atom stereocenters. The van der Waals surface area contributed by atoms with Gasteiger partial charge in [0.25, 0.3) is 10.1 Å². The van der Waals surface area contributed by atoms with E-state index in [-0.39, 0.29) is 6.10 Å². The lowest BCUT2D eigenvalue weighted by atomic mass is 9.44. The van der Waals surface area contributed by atoms with Crippen molar-refractivity contribution in [1.29, 1.82) is 0 Å². The second-order valence-electron chi connectivity index (χ2n) is 13.4. The first-order valence-corrected chi connectivity index (χ1v) is 15.6. The third-order valence-electron chi connectivity index (χ3n) is 11.1. The monoisotopic (exact) mass is 466 g/mol. The van der Waals surface area contributed by atoms with Crippen molar-refractivity contribution in [3.05, 3.63) is 0 Å². The number of hydrogen-bond acceptors (Lipinski definition) is 3. The Morgan fingerprint density at radius 1 is 0.875 bits per heavy atom. The zero-order chi connectivity index (χ0) is 23.3. The van der Waals surface area contributed by atoms with Crippen molar-refractivity contribution in [3.63, 3.8) is 0 Å². The first kappa shape index (κ1) is 25.0. The highest BCUT2D eigenvalue weighted by molar-refractivity contribution is 7.86. The number of rotatable bonds is 7. The summed E-state index contributed by atoms with van der Waals surface area (Å²) in [5.41, 5.74) is 0.945. The van der Waals surface area contributed by atoms with E-state index in [1.165, 1.54) is 64.0 Å². The van der Waals surface area contributed by atoms with Gasteiger partial charge in [0.05, 0.1) is 12.4 Å². The highest BCUT2D eigenvalue weighted by Gasteiger charge is 2.60. The summed E-state index contributed by atoms with van der Waals surface area (Å²) in [4.78, 5) is 0. The van der Waals surface area contributed by atoms with E-state index >= 15 is 0 Å². The van der Waals surface area contributed by atoms with Gasteiger partial charge >= 0.3 is 0 Å². The molecule has 4 rings (SSSR count). The minimum absolute atomic E-state index is 0.0870. The summed E-state index contributed by atoms with van der Waals surface area (Å²) in [5.74, 6) is 5.92. The highest BCUT2D eigenvalue weighted by Crippen LogP contribution is 2.68. The molecule has 0 aromatic rings. The molecule has 4 heteroatoms. The van der Waals surface area contributed by atoms with Crippen LogP contribution in [0.25, 0.3) is 0 Å². The van der Waals surface area contributed by atoms with Gasteiger partial charge in [-0.15, -0.1) is 0 Å². The zero-order valence-corrected chi connectivity index (χ0v) is 22.6. The Hall–Kier alpha value is -0.0900. The van der Waals surface area contributed by atoms with Gasteiger partial charge in [0, 0.05) is 0 Å². The van der Waals surface area contributed by atoms with Crippen LogP contribution in [0.2, 0.25) is 0 Å². The predicted molar refractivity (Wildman–Crippen MR) is 133 cm³/mol. The van der Waals surface area contributed by atoms with Crippen LogP contribution in [0.1, 0.15) is 112 Å². The van der Waals surface area contributed by atoms with Crippen LogP contribution in [-0.2, 0) is 14.3 Å². The maximum Gasteiger partial charge on any atom is 0.264 e. The maximum atomic E-state index is 11.7. The average molecular weight is 467 g/mol. The van der Waals surface area contributed by atoms with Crippen LogP contribution < -0.4 is 0 Å². The fourth-order valence-corrected chi connectivity index (χ4v) is 10.2. The topological polar surface area (TPSA) is 43.4 Å². The fraction of sp³-hybridized carbons (Fsp3) is 1.00. The van der Waals surface area contributed by atoms with Crippen molar-refractivity contribution in [2.45, 2.75) is 118 Å². The van der Waals surface area contributed by atoms with E-state index in [0.29, 0.717) is 16.7 Å². The van der Waals surface area contributed by atoms with Crippen LogP contribution in [0.4, 0.5) is 0 Å². The summed E-state index contributed by atoms with van der Waals surface area (Å²) in [7, 11) is -3.35. The van der Waals surface area contributed by atoms with Gasteiger partial charge in [-0.05, 0) is 110 Å². The van der Waals surface area contributed by atoms with Gasteiger partial charge in [-0.2, -0.15) is 8.42 Å². The minimum Gasteiger partial charge on any atom is -0.267 e. The van der Waals surface area contributed by atoms with Crippen molar-refractivity contribution in [2.75, 3.05) is 6.26 Å². The van der Waals surface area contributed by atoms with Crippen LogP contribution in [-0.4, -0.2) is 20.8 Å². The van der Waals surface area contributed by atoms with Gasteiger partial charge in [-0.25, -0.2) is 0 Å². The molecular weight excluding hydrogens is 416 g/mol. The molecule has 0 aromatic heterocycles. The Kier molecular flexibility index (Phi) is 7.17. The lowest BCUT2D eigenvalue weighted by Gasteiger charge is -2.61. The molecule has 186 valence electrons. The Bertz CT molecular complexity index is 761. The van der Waals surface area contributed by atoms with Crippen molar-refractivity contribution in [1.82, 2.24) is 0 Å². The summed E-state index contributed by atoms with van der Waals surface area (Å²) in [6.45, 7) is 12.5. The van der Waals surface area contributed by atoms with Crippen LogP contribution in [0.5, 0.6) is 0 Å². The van der Waals surface area contributed by atoms with E-state index in [4.69, 9.17) is 4.18 Å². The first-order chi connectivity index (χ1) is 14.9. The molecule has 0 aromatic carbocycles. The molecule has 0 spiro atoms. The Morgan fingerprint density at radius 3 is 2.25 bits per heavy atom. The predicted octanol–water partition coefficient (Wildman–Crippen LogP) is 7.45. The molecule has 4 aliphatic rings. The molecular formula is C28H50O3S. The van der Waals surface area contributed by atoms with Gasteiger partial charge in [-0.1, -0.05) is 53.9 Å². The van der Waals surface area contributed by atoms with E-state index < -0.39 is 10.1 Å². The van der Waals surface area contributed by atoms with Crippen molar-refractivity contribution < 1.29 is 12.6 Å². The maximum absolute atomic E-state index is 11.7. The fourth-order valence-electron chi connectivity index (χ4n) is 9.58. The minimum atomic E-state index is -3.35. The summed E-state index contributed by atoms with van der Waals surface area (Å²) in [5, 5.41) is 0. The average Bonchev–Trinajstić information content (AvgIpc) is 3.04. The molecule has 0 amide bonds. The molecule has 0 heterocycles. The molecule has 0 aliphatic heterocycles. The standard InChI is InChI=1S/C28H50O3S/c1-19(2)8-7-9-20(3)24-12-13-25-23-11-10-21-18-22(31-32(6,29)30)14-16-27(21,4)26(23)15-17-28(24,25)5/h19-26H,7-18H2,1-6H3/t20-,21-,22+,23+,24-,25+,26+,27+,28-/m1/s1. The van der Waals surface area contributed by atoms with Gasteiger partial charge < -0.3 is 0 Å². The normalized spacial score (nSPS) is 45.2. The molecule has 0 N–H and O–H groups in total. The van der Waals surface area contributed by atoms with Crippen molar-refractivity contribution in [3.8, 4) is 0 Å². The summed E-state index contributed by atoms with van der Waals surface area (Å²) in [6.07, 6.45) is 16.7. The van der Waals surface area contributed by atoms with Crippen LogP contribution >= 0.6 is 0 Å². The quantitative estimate of drug-likeness (QED) is 0.366. The molecule has 4 aliphatic carbocycles. The highest BCUT2D eigenvalue weighted by atomic mass is 32.2. The van der Waals surface area contributed by atoms with Gasteiger partial charge in [0.1, 0.15) is 0 Å². The Labute approximate surface area is 199 Å². The molecule has 3 nitrogen and oxygen atoms in total. The van der Waals surface area contributed by atoms with E-state index in [2.05, 4.69) is 34.6 Å². The third-order valence-corrected chi connectivity index (χ3v) is 11.8. The Balaban J connectivity index is 1.43.